The molecule has 0 aromatic carbocycles. The van der Waals surface area contributed by atoms with E-state index in [1.165, 1.54) is 9.42 Å². The van der Waals surface area contributed by atoms with Gasteiger partial charge in [-0.1, -0.05) is 5.21 Å². The average Bonchev–Trinajstić information content (AvgIpc) is 2.90. The summed E-state index contributed by atoms with van der Waals surface area (Å²) in [4.78, 5) is 39.6. The maximum absolute atomic E-state index is 12.5. The van der Waals surface area contributed by atoms with Crippen molar-refractivity contribution in [2.45, 2.75) is 19.8 Å². The molecule has 0 spiro atoms. The topological polar surface area (TPSA) is 121 Å². The van der Waals surface area contributed by atoms with Crippen LogP contribution >= 0.6 is 0 Å². The molecule has 2 aromatic rings. The number of aliphatic carboxylic acids is 1. The molecule has 1 fully saturated rings. The molecule has 1 aliphatic rings. The Morgan fingerprint density at radius 3 is 2.68 bits per heavy atom. The molecule has 0 saturated carbocycles. The number of carbonyl (C=O) groups is 2. The summed E-state index contributed by atoms with van der Waals surface area (Å²) in [5, 5.41) is 16.6. The van der Waals surface area contributed by atoms with E-state index in [0.717, 1.165) is 0 Å². The van der Waals surface area contributed by atoms with Crippen molar-refractivity contribution in [2.24, 2.45) is 5.92 Å². The first kappa shape index (κ1) is 14.2. The second kappa shape index (κ2) is 5.24. The van der Waals surface area contributed by atoms with Crippen molar-refractivity contribution < 1.29 is 14.7 Å². The van der Waals surface area contributed by atoms with Crippen LogP contribution in [0.4, 0.5) is 0 Å². The van der Waals surface area contributed by atoms with Gasteiger partial charge in [0.1, 0.15) is 0 Å². The number of carbonyl (C=O) groups excluding carboxylic acids is 1. The third-order valence-electron chi connectivity index (χ3n) is 3.87. The number of rotatable bonds is 2. The van der Waals surface area contributed by atoms with Crippen molar-refractivity contribution >= 4 is 17.4 Å². The molecule has 1 saturated heterocycles. The fraction of sp³-hybridized carbons (Fsp3) is 0.462. The van der Waals surface area contributed by atoms with Gasteiger partial charge in [-0.05, 0) is 19.8 Å². The highest BCUT2D eigenvalue weighted by Gasteiger charge is 2.30. The van der Waals surface area contributed by atoms with E-state index in [2.05, 4.69) is 15.3 Å². The van der Waals surface area contributed by atoms with Gasteiger partial charge in [0, 0.05) is 18.8 Å². The summed E-state index contributed by atoms with van der Waals surface area (Å²) in [5.41, 5.74) is 0.295. The highest BCUT2D eigenvalue weighted by Crippen LogP contribution is 2.19. The third kappa shape index (κ3) is 2.34. The maximum Gasteiger partial charge on any atom is 0.306 e. The molecule has 0 bridgehead atoms. The summed E-state index contributed by atoms with van der Waals surface area (Å²) < 4.78 is 1.28. The molecule has 1 amide bonds. The fourth-order valence-corrected chi connectivity index (χ4v) is 2.67. The van der Waals surface area contributed by atoms with Crippen molar-refractivity contribution in [3.63, 3.8) is 0 Å². The molecule has 9 heteroatoms. The minimum absolute atomic E-state index is 0.00461. The van der Waals surface area contributed by atoms with Gasteiger partial charge in [-0.3, -0.25) is 14.4 Å². The van der Waals surface area contributed by atoms with Crippen LogP contribution in [0.5, 0.6) is 0 Å². The van der Waals surface area contributed by atoms with Crippen LogP contribution in [0.1, 0.15) is 29.0 Å². The molecule has 3 heterocycles. The van der Waals surface area contributed by atoms with E-state index in [1.807, 2.05) is 0 Å². The van der Waals surface area contributed by atoms with Crippen molar-refractivity contribution in [3.8, 4) is 0 Å². The Morgan fingerprint density at radius 1 is 1.36 bits per heavy atom. The number of fused-ring (bicyclic) bond motifs is 1. The average molecular weight is 305 g/mol. The summed E-state index contributed by atoms with van der Waals surface area (Å²) in [6, 6.07) is 0. The monoisotopic (exact) mass is 305 g/mol. The zero-order chi connectivity index (χ0) is 15.9. The van der Waals surface area contributed by atoms with Gasteiger partial charge in [-0.25, -0.2) is 4.52 Å². The van der Waals surface area contributed by atoms with Gasteiger partial charge >= 0.3 is 5.97 Å². The third-order valence-corrected chi connectivity index (χ3v) is 3.87. The highest BCUT2D eigenvalue weighted by molar-refractivity contribution is 5.98. The number of hydrogen-bond acceptors (Lipinski definition) is 5. The first-order valence-electron chi connectivity index (χ1n) is 6.94. The molecule has 0 atom stereocenters. The zero-order valence-corrected chi connectivity index (χ0v) is 11.9. The van der Waals surface area contributed by atoms with Gasteiger partial charge in [0.25, 0.3) is 11.5 Å². The molecule has 116 valence electrons. The Bertz CT molecular complexity index is 800. The Hall–Kier alpha value is -2.71. The molecule has 2 aromatic heterocycles. The second-order valence-corrected chi connectivity index (χ2v) is 5.40. The molecule has 3 rings (SSSR count). The van der Waals surface area contributed by atoms with Crippen LogP contribution in [0.25, 0.3) is 5.52 Å². The number of likely N-dealkylation sites (tertiary alicyclic amines) is 1. The molecule has 0 aliphatic carbocycles. The number of aromatic nitrogens is 4. The van der Waals surface area contributed by atoms with Crippen LogP contribution in [-0.4, -0.2) is 54.8 Å². The molecular formula is C13H15N5O4. The minimum Gasteiger partial charge on any atom is -0.481 e. The number of carboxylic acid groups (broad SMARTS) is 1. The summed E-state index contributed by atoms with van der Waals surface area (Å²) in [5.74, 6) is -1.66. The number of hydrogen-bond donors (Lipinski definition) is 2. The Labute approximate surface area is 124 Å². The van der Waals surface area contributed by atoms with Gasteiger partial charge in [-0.15, -0.1) is 5.10 Å². The fourth-order valence-electron chi connectivity index (χ4n) is 2.67. The minimum atomic E-state index is -0.840. The van der Waals surface area contributed by atoms with E-state index in [0.29, 0.717) is 31.6 Å². The molecule has 0 unspecified atom stereocenters. The van der Waals surface area contributed by atoms with Crippen LogP contribution in [0.3, 0.4) is 0 Å². The standard InChI is InChI=1S/C13H15N5O4/c1-7-6-18-10(11(19)14-7)9(15-16-18)12(20)17-4-2-8(3-5-17)13(21)22/h6,8H,2-5H2,1H3,(H,14,19)(H,21,22). The summed E-state index contributed by atoms with van der Waals surface area (Å²) >= 11 is 0. The van der Waals surface area contributed by atoms with Crippen LogP contribution in [0.2, 0.25) is 0 Å². The van der Waals surface area contributed by atoms with Gasteiger partial charge in [0.05, 0.1) is 12.1 Å². The van der Waals surface area contributed by atoms with E-state index in [9.17, 15) is 14.4 Å². The molecular weight excluding hydrogens is 290 g/mol. The predicted octanol–water partition coefficient (Wildman–Crippen LogP) is -0.337. The normalized spacial score (nSPS) is 16.1. The van der Waals surface area contributed by atoms with Crippen molar-refractivity contribution in [1.29, 1.82) is 0 Å². The van der Waals surface area contributed by atoms with Gasteiger partial charge in [0.15, 0.2) is 11.2 Å². The first-order chi connectivity index (χ1) is 10.5. The summed E-state index contributed by atoms with van der Waals surface area (Å²) in [6.45, 7) is 2.37. The van der Waals surface area contributed by atoms with Crippen LogP contribution in [0.15, 0.2) is 11.0 Å². The van der Waals surface area contributed by atoms with E-state index in [4.69, 9.17) is 5.11 Å². The number of H-pyrrole nitrogens is 1. The Morgan fingerprint density at radius 2 is 2.05 bits per heavy atom. The summed E-state index contributed by atoms with van der Waals surface area (Å²) in [6.07, 6.45) is 2.38. The smallest absolute Gasteiger partial charge is 0.306 e. The highest BCUT2D eigenvalue weighted by atomic mass is 16.4. The summed E-state index contributed by atoms with van der Waals surface area (Å²) in [7, 11) is 0. The van der Waals surface area contributed by atoms with Crippen LogP contribution in [0, 0.1) is 12.8 Å². The first-order valence-corrected chi connectivity index (χ1v) is 6.94. The van der Waals surface area contributed by atoms with Crippen molar-refractivity contribution in [3.05, 3.63) is 27.9 Å². The second-order valence-electron chi connectivity index (χ2n) is 5.40. The lowest BCUT2D eigenvalue weighted by molar-refractivity contribution is -0.143. The lowest BCUT2D eigenvalue weighted by Crippen LogP contribution is -2.40. The Balaban J connectivity index is 1.88. The van der Waals surface area contributed by atoms with E-state index in [1.54, 1.807) is 13.1 Å². The maximum atomic E-state index is 12.5. The molecule has 1 aliphatic heterocycles. The van der Waals surface area contributed by atoms with Crippen LogP contribution in [-0.2, 0) is 4.79 Å². The number of nitrogens with zero attached hydrogens (tertiary/aromatic N) is 4. The SMILES string of the molecule is Cc1cn2nnc(C(=O)N3CCC(C(=O)O)CC3)c2c(=O)[nH]1. The van der Waals surface area contributed by atoms with Gasteiger partial charge < -0.3 is 15.0 Å². The number of nitrogens with one attached hydrogen (secondary N) is 1. The largest absolute Gasteiger partial charge is 0.481 e. The number of aromatic amines is 1. The van der Waals surface area contributed by atoms with Gasteiger partial charge in [-0.2, -0.15) is 0 Å². The zero-order valence-electron chi connectivity index (χ0n) is 11.9. The lowest BCUT2D eigenvalue weighted by atomic mass is 9.97. The lowest BCUT2D eigenvalue weighted by Gasteiger charge is -2.29. The number of amides is 1. The predicted molar refractivity (Wildman–Crippen MR) is 74.6 cm³/mol. The number of piperidine rings is 1. The van der Waals surface area contributed by atoms with E-state index >= 15 is 0 Å². The quantitative estimate of drug-likeness (QED) is 0.783. The van der Waals surface area contributed by atoms with E-state index in [-0.39, 0.29) is 11.2 Å². The van der Waals surface area contributed by atoms with Crippen LogP contribution < -0.4 is 5.56 Å². The van der Waals surface area contributed by atoms with Gasteiger partial charge in [0.2, 0.25) is 0 Å². The molecule has 0 radical (unpaired) electrons. The van der Waals surface area contributed by atoms with E-state index < -0.39 is 23.4 Å². The number of carboxylic acids is 1. The number of aryl methyl sites for hydroxylation is 1. The molecule has 22 heavy (non-hydrogen) atoms. The molecule has 9 nitrogen and oxygen atoms in total. The Kier molecular flexibility index (Phi) is 3.39. The van der Waals surface area contributed by atoms with Crippen molar-refractivity contribution in [1.82, 2.24) is 24.7 Å². The van der Waals surface area contributed by atoms with Crippen molar-refractivity contribution in [2.75, 3.05) is 13.1 Å². The molecule has 2 N–H and O–H groups in total.